The van der Waals surface area contributed by atoms with Gasteiger partial charge in [-0.2, -0.15) is 0 Å². The maximum Gasteiger partial charge on any atom is 0.262 e. The quantitative estimate of drug-likeness (QED) is 0.875. The molecule has 0 unspecified atom stereocenters. The zero-order valence-corrected chi connectivity index (χ0v) is 13.6. The van der Waals surface area contributed by atoms with Crippen molar-refractivity contribution < 1.29 is 17.2 Å². The lowest BCUT2D eigenvalue weighted by Gasteiger charge is -2.13. The zero-order valence-electron chi connectivity index (χ0n) is 11.2. The van der Waals surface area contributed by atoms with E-state index in [1.54, 1.807) is 0 Å². The zero-order chi connectivity index (χ0) is 15.8. The first-order valence-corrected chi connectivity index (χ1v) is 8.23. The SMILES string of the molecule is Cc1cc(F)cc(C)c1S(=O)(=O)Nc1ccc(Br)c(F)c1. The number of hydrogen-bond donors (Lipinski definition) is 1. The van der Waals surface area contributed by atoms with Crippen LogP contribution in [0.5, 0.6) is 0 Å². The molecule has 0 fully saturated rings. The van der Waals surface area contributed by atoms with Crippen LogP contribution >= 0.6 is 15.9 Å². The van der Waals surface area contributed by atoms with Crippen molar-refractivity contribution in [2.24, 2.45) is 0 Å². The van der Waals surface area contributed by atoms with Crippen molar-refractivity contribution in [1.82, 2.24) is 0 Å². The van der Waals surface area contributed by atoms with E-state index in [0.717, 1.165) is 18.2 Å². The molecule has 2 rings (SSSR count). The second-order valence-electron chi connectivity index (χ2n) is 4.60. The Hall–Kier alpha value is -1.47. The van der Waals surface area contributed by atoms with Gasteiger partial charge < -0.3 is 0 Å². The van der Waals surface area contributed by atoms with Crippen LogP contribution < -0.4 is 4.72 Å². The minimum absolute atomic E-state index is 0.00720. The summed E-state index contributed by atoms with van der Waals surface area (Å²) in [6, 6.07) is 6.18. The summed E-state index contributed by atoms with van der Waals surface area (Å²) < 4.78 is 54.0. The van der Waals surface area contributed by atoms with E-state index < -0.39 is 21.7 Å². The fourth-order valence-corrected chi connectivity index (χ4v) is 3.84. The predicted molar refractivity (Wildman–Crippen MR) is 80.8 cm³/mol. The molecule has 3 nitrogen and oxygen atoms in total. The summed E-state index contributed by atoms with van der Waals surface area (Å²) in [6.07, 6.45) is 0. The van der Waals surface area contributed by atoms with Crippen molar-refractivity contribution in [1.29, 1.82) is 0 Å². The summed E-state index contributed by atoms with van der Waals surface area (Å²) in [6.45, 7) is 3.01. The van der Waals surface area contributed by atoms with Gasteiger partial charge in [-0.05, 0) is 71.2 Å². The second-order valence-corrected chi connectivity index (χ2v) is 7.08. The molecule has 0 saturated carbocycles. The minimum atomic E-state index is -3.92. The van der Waals surface area contributed by atoms with E-state index in [2.05, 4.69) is 20.7 Å². The van der Waals surface area contributed by atoms with E-state index in [4.69, 9.17) is 0 Å². The third-order valence-electron chi connectivity index (χ3n) is 2.87. The summed E-state index contributed by atoms with van der Waals surface area (Å²) in [7, 11) is -3.92. The number of hydrogen-bond acceptors (Lipinski definition) is 2. The smallest absolute Gasteiger partial charge is 0.262 e. The first-order valence-electron chi connectivity index (χ1n) is 5.95. The van der Waals surface area contributed by atoms with Crippen molar-refractivity contribution in [3.63, 3.8) is 0 Å². The van der Waals surface area contributed by atoms with Gasteiger partial charge in [-0.15, -0.1) is 0 Å². The topological polar surface area (TPSA) is 46.2 Å². The van der Waals surface area contributed by atoms with Gasteiger partial charge in [0, 0.05) is 0 Å². The van der Waals surface area contributed by atoms with Crippen LogP contribution in [0.25, 0.3) is 0 Å². The number of nitrogens with one attached hydrogen (secondary N) is 1. The van der Waals surface area contributed by atoms with Crippen molar-refractivity contribution in [3.8, 4) is 0 Å². The van der Waals surface area contributed by atoms with Crippen LogP contribution in [-0.2, 0) is 10.0 Å². The van der Waals surface area contributed by atoms with Crippen LogP contribution in [0.4, 0.5) is 14.5 Å². The molecule has 21 heavy (non-hydrogen) atoms. The van der Waals surface area contributed by atoms with Gasteiger partial charge in [-0.25, -0.2) is 17.2 Å². The number of benzene rings is 2. The largest absolute Gasteiger partial charge is 0.280 e. The lowest BCUT2D eigenvalue weighted by molar-refractivity contribution is 0.597. The molecule has 1 N–H and O–H groups in total. The van der Waals surface area contributed by atoms with Crippen molar-refractivity contribution in [3.05, 3.63) is 57.6 Å². The molecule has 112 valence electrons. The highest BCUT2D eigenvalue weighted by Crippen LogP contribution is 2.25. The Morgan fingerprint density at radius 3 is 2.14 bits per heavy atom. The van der Waals surface area contributed by atoms with E-state index in [1.807, 2.05) is 0 Å². The van der Waals surface area contributed by atoms with Gasteiger partial charge in [0.05, 0.1) is 15.1 Å². The third-order valence-corrected chi connectivity index (χ3v) is 5.19. The first-order chi connectivity index (χ1) is 9.70. The van der Waals surface area contributed by atoms with Crippen LogP contribution in [0.1, 0.15) is 11.1 Å². The minimum Gasteiger partial charge on any atom is -0.280 e. The lowest BCUT2D eigenvalue weighted by Crippen LogP contribution is -2.16. The fourth-order valence-electron chi connectivity index (χ4n) is 2.09. The summed E-state index contributed by atoms with van der Waals surface area (Å²) in [5.41, 5.74) is 0.675. The maximum absolute atomic E-state index is 13.4. The van der Waals surface area contributed by atoms with Crippen molar-refractivity contribution in [2.75, 3.05) is 4.72 Å². The number of sulfonamides is 1. The molecule has 0 spiro atoms. The molecule has 0 aliphatic carbocycles. The molecule has 0 amide bonds. The Labute approximate surface area is 130 Å². The summed E-state index contributed by atoms with van der Waals surface area (Å²) in [5, 5.41) is 0. The summed E-state index contributed by atoms with van der Waals surface area (Å²) in [5.74, 6) is -1.08. The van der Waals surface area contributed by atoms with E-state index in [9.17, 15) is 17.2 Å². The Morgan fingerprint density at radius 1 is 1.05 bits per heavy atom. The molecule has 0 radical (unpaired) electrons. The Balaban J connectivity index is 2.46. The highest BCUT2D eigenvalue weighted by molar-refractivity contribution is 9.10. The molecular weight excluding hydrogens is 364 g/mol. The number of aryl methyl sites for hydroxylation is 2. The number of anilines is 1. The maximum atomic E-state index is 13.4. The molecule has 2 aromatic rings. The molecule has 0 heterocycles. The highest BCUT2D eigenvalue weighted by Gasteiger charge is 2.20. The molecule has 7 heteroatoms. The van der Waals surface area contributed by atoms with Gasteiger partial charge in [0.1, 0.15) is 11.6 Å². The Kier molecular flexibility index (Phi) is 4.34. The van der Waals surface area contributed by atoms with Gasteiger partial charge in [0.15, 0.2) is 0 Å². The molecule has 0 bridgehead atoms. The first kappa shape index (κ1) is 15.9. The van der Waals surface area contributed by atoms with Crippen LogP contribution in [0.3, 0.4) is 0 Å². The van der Waals surface area contributed by atoms with Crippen LogP contribution in [0.2, 0.25) is 0 Å². The van der Waals surface area contributed by atoms with Gasteiger partial charge in [0.25, 0.3) is 10.0 Å². The highest BCUT2D eigenvalue weighted by atomic mass is 79.9. The van der Waals surface area contributed by atoms with E-state index in [0.29, 0.717) is 0 Å². The van der Waals surface area contributed by atoms with Gasteiger partial charge in [-0.1, -0.05) is 0 Å². The molecule has 2 aromatic carbocycles. The predicted octanol–water partition coefficient (Wildman–Crippen LogP) is 4.14. The normalized spacial score (nSPS) is 11.5. The summed E-state index contributed by atoms with van der Waals surface area (Å²) in [4.78, 5) is -0.00720. The van der Waals surface area contributed by atoms with E-state index in [1.165, 1.54) is 26.0 Å². The summed E-state index contributed by atoms with van der Waals surface area (Å²) >= 11 is 2.99. The Bertz CT molecular complexity index is 784. The lowest BCUT2D eigenvalue weighted by atomic mass is 10.1. The van der Waals surface area contributed by atoms with Crippen LogP contribution in [-0.4, -0.2) is 8.42 Å². The molecule has 0 saturated heterocycles. The fraction of sp³-hybridized carbons (Fsp3) is 0.143. The monoisotopic (exact) mass is 375 g/mol. The van der Waals surface area contributed by atoms with Crippen molar-refractivity contribution in [2.45, 2.75) is 18.7 Å². The molecule has 0 atom stereocenters. The number of halogens is 3. The average molecular weight is 376 g/mol. The van der Waals surface area contributed by atoms with E-state index in [-0.39, 0.29) is 26.2 Å². The standard InChI is InChI=1S/C14H12BrF2NO2S/c1-8-5-10(16)6-9(2)14(8)21(19,20)18-11-3-4-12(15)13(17)7-11/h3-7,18H,1-2H3. The number of rotatable bonds is 3. The van der Waals surface area contributed by atoms with Gasteiger partial charge in [0.2, 0.25) is 0 Å². The molecule has 0 aliphatic rings. The van der Waals surface area contributed by atoms with Crippen LogP contribution in [0.15, 0.2) is 39.7 Å². The third kappa shape index (κ3) is 3.41. The molecule has 0 aliphatic heterocycles. The average Bonchev–Trinajstić information content (AvgIpc) is 2.31. The molecular formula is C14H12BrF2NO2S. The molecule has 0 aromatic heterocycles. The van der Waals surface area contributed by atoms with E-state index >= 15 is 0 Å². The second kappa shape index (κ2) is 5.73. The van der Waals surface area contributed by atoms with Crippen LogP contribution in [0, 0.1) is 25.5 Å². The van der Waals surface area contributed by atoms with Crippen molar-refractivity contribution >= 4 is 31.6 Å². The van der Waals surface area contributed by atoms with Gasteiger partial charge in [-0.3, -0.25) is 4.72 Å². The Morgan fingerprint density at radius 2 is 1.62 bits per heavy atom. The van der Waals surface area contributed by atoms with Gasteiger partial charge >= 0.3 is 0 Å².